The van der Waals surface area contributed by atoms with E-state index >= 15 is 0 Å². The number of carbonyl (C=O) groups is 2. The summed E-state index contributed by atoms with van der Waals surface area (Å²) >= 11 is 0. The number of para-hydroxylation sites is 2. The third kappa shape index (κ3) is 9.65. The number of pyridine rings is 2. The molecule has 0 radical (unpaired) electrons. The van der Waals surface area contributed by atoms with E-state index in [9.17, 15) is 14.7 Å². The predicted octanol–water partition coefficient (Wildman–Crippen LogP) is 8.29. The first-order chi connectivity index (χ1) is 22.1. The molecular weight excluding hydrogens is 560 g/mol. The summed E-state index contributed by atoms with van der Waals surface area (Å²) in [6.45, 7) is 5.89. The van der Waals surface area contributed by atoms with E-state index in [1.165, 1.54) is 77.0 Å². The number of carbonyl (C=O) groups excluding carboxylic acids is 1. The SMILES string of the molecule is O=Cc1cccc2ccc(CN3CCCCCCCCN(Cc4ccc5cccc(C(=O)O)c5n4)CCCCCCCC3)nc12. The molecule has 0 saturated carbocycles. The van der Waals surface area contributed by atoms with E-state index in [2.05, 4.69) is 28.0 Å². The summed E-state index contributed by atoms with van der Waals surface area (Å²) in [6, 6.07) is 19.4. The summed E-state index contributed by atoms with van der Waals surface area (Å²) in [4.78, 5) is 38.1. The van der Waals surface area contributed by atoms with Gasteiger partial charge in [-0.3, -0.25) is 24.6 Å². The second-order valence-corrected chi connectivity index (χ2v) is 12.6. The molecule has 7 heteroatoms. The zero-order valence-electron chi connectivity index (χ0n) is 26.6. The van der Waals surface area contributed by atoms with Gasteiger partial charge in [0.15, 0.2) is 6.29 Å². The fourth-order valence-electron chi connectivity index (χ4n) is 6.60. The first-order valence-corrected chi connectivity index (χ1v) is 17.0. The van der Waals surface area contributed by atoms with E-state index in [0.717, 1.165) is 73.2 Å². The van der Waals surface area contributed by atoms with Gasteiger partial charge in [0.2, 0.25) is 0 Å². The highest BCUT2D eigenvalue weighted by atomic mass is 16.4. The Kier molecular flexibility index (Phi) is 12.5. The second-order valence-electron chi connectivity index (χ2n) is 12.6. The average molecular weight is 609 g/mol. The Hall–Kier alpha value is -3.68. The summed E-state index contributed by atoms with van der Waals surface area (Å²) < 4.78 is 0. The van der Waals surface area contributed by atoms with Gasteiger partial charge in [-0.15, -0.1) is 0 Å². The molecule has 1 aliphatic heterocycles. The number of hydrogen-bond donors (Lipinski definition) is 1. The van der Waals surface area contributed by atoms with Gasteiger partial charge in [-0.05, 0) is 76.1 Å². The summed E-state index contributed by atoms with van der Waals surface area (Å²) in [5.74, 6) is -0.925. The molecule has 1 saturated heterocycles. The Morgan fingerprint density at radius 1 is 0.600 bits per heavy atom. The molecule has 2 aromatic heterocycles. The van der Waals surface area contributed by atoms with Gasteiger partial charge in [-0.2, -0.15) is 0 Å². The molecule has 3 heterocycles. The third-order valence-corrected chi connectivity index (χ3v) is 9.11. The van der Waals surface area contributed by atoms with Crippen molar-refractivity contribution >= 4 is 34.1 Å². The number of aromatic nitrogens is 2. The summed E-state index contributed by atoms with van der Waals surface area (Å²) in [6.07, 6.45) is 15.6. The van der Waals surface area contributed by atoms with Crippen LogP contribution in [0.2, 0.25) is 0 Å². The van der Waals surface area contributed by atoms with Crippen molar-refractivity contribution in [3.8, 4) is 0 Å². The number of aromatic carboxylic acids is 1. The van der Waals surface area contributed by atoms with Crippen molar-refractivity contribution in [3.05, 3.63) is 83.2 Å². The molecule has 0 bridgehead atoms. The molecule has 238 valence electrons. The number of fused-ring (bicyclic) bond motifs is 2. The van der Waals surface area contributed by atoms with E-state index in [-0.39, 0.29) is 5.56 Å². The number of nitrogens with zero attached hydrogens (tertiary/aromatic N) is 4. The lowest BCUT2D eigenvalue weighted by Crippen LogP contribution is -2.26. The Balaban J connectivity index is 1.14. The van der Waals surface area contributed by atoms with Crippen LogP contribution in [0.1, 0.15) is 109 Å². The number of hydrogen-bond acceptors (Lipinski definition) is 6. The van der Waals surface area contributed by atoms with E-state index in [1.54, 1.807) is 12.1 Å². The number of carboxylic acids is 1. The van der Waals surface area contributed by atoms with Crippen molar-refractivity contribution in [3.63, 3.8) is 0 Å². The van der Waals surface area contributed by atoms with Crippen LogP contribution in [0.15, 0.2) is 60.7 Å². The highest BCUT2D eigenvalue weighted by Gasteiger charge is 2.13. The maximum absolute atomic E-state index is 11.8. The van der Waals surface area contributed by atoms with Gasteiger partial charge in [0, 0.05) is 29.4 Å². The third-order valence-electron chi connectivity index (χ3n) is 9.11. The van der Waals surface area contributed by atoms with Crippen LogP contribution in [-0.4, -0.2) is 63.3 Å². The van der Waals surface area contributed by atoms with Crippen molar-refractivity contribution in [1.82, 2.24) is 19.8 Å². The van der Waals surface area contributed by atoms with Gasteiger partial charge >= 0.3 is 5.97 Å². The van der Waals surface area contributed by atoms with E-state index in [4.69, 9.17) is 9.97 Å². The largest absolute Gasteiger partial charge is 0.478 e. The van der Waals surface area contributed by atoms with Gasteiger partial charge in [0.25, 0.3) is 0 Å². The van der Waals surface area contributed by atoms with E-state index in [1.807, 2.05) is 30.3 Å². The summed E-state index contributed by atoms with van der Waals surface area (Å²) in [7, 11) is 0. The Morgan fingerprint density at radius 3 is 1.53 bits per heavy atom. The fraction of sp³-hybridized carbons (Fsp3) is 0.474. The molecule has 45 heavy (non-hydrogen) atoms. The van der Waals surface area contributed by atoms with Gasteiger partial charge < -0.3 is 5.11 Å². The van der Waals surface area contributed by atoms with Crippen LogP contribution < -0.4 is 0 Å². The Morgan fingerprint density at radius 2 is 1.04 bits per heavy atom. The molecule has 0 atom stereocenters. The Labute approximate surface area is 267 Å². The van der Waals surface area contributed by atoms with Gasteiger partial charge in [0.1, 0.15) is 0 Å². The lowest BCUT2D eigenvalue weighted by Gasteiger charge is -2.23. The van der Waals surface area contributed by atoms with Crippen molar-refractivity contribution in [2.75, 3.05) is 26.2 Å². The van der Waals surface area contributed by atoms with Crippen molar-refractivity contribution < 1.29 is 14.7 Å². The van der Waals surface area contributed by atoms with Gasteiger partial charge in [-0.1, -0.05) is 87.8 Å². The Bertz CT molecular complexity index is 1540. The minimum atomic E-state index is -0.925. The van der Waals surface area contributed by atoms with E-state index in [0.29, 0.717) is 11.1 Å². The minimum Gasteiger partial charge on any atom is -0.478 e. The quantitative estimate of drug-likeness (QED) is 0.220. The van der Waals surface area contributed by atoms with Crippen LogP contribution in [0.4, 0.5) is 0 Å². The maximum Gasteiger partial charge on any atom is 0.337 e. The molecule has 1 fully saturated rings. The fourth-order valence-corrected chi connectivity index (χ4v) is 6.60. The zero-order chi connectivity index (χ0) is 31.3. The first-order valence-electron chi connectivity index (χ1n) is 17.0. The van der Waals surface area contributed by atoms with Crippen molar-refractivity contribution in [2.45, 2.75) is 90.1 Å². The summed E-state index contributed by atoms with van der Waals surface area (Å²) in [5, 5.41) is 11.5. The number of aldehydes is 1. The maximum atomic E-state index is 11.8. The molecule has 1 aliphatic rings. The topological polar surface area (TPSA) is 86.6 Å². The molecule has 0 amide bonds. The molecule has 0 spiro atoms. The number of carboxylic acid groups (broad SMARTS) is 1. The van der Waals surface area contributed by atoms with E-state index < -0.39 is 5.97 Å². The van der Waals surface area contributed by atoms with Crippen LogP contribution in [0.3, 0.4) is 0 Å². The molecule has 0 aliphatic carbocycles. The predicted molar refractivity (Wildman–Crippen MR) is 182 cm³/mol. The van der Waals surface area contributed by atoms with Gasteiger partial charge in [0.05, 0.1) is 28.0 Å². The minimum absolute atomic E-state index is 0.274. The molecule has 4 aromatic rings. The van der Waals surface area contributed by atoms with Crippen LogP contribution in [0.25, 0.3) is 21.8 Å². The van der Waals surface area contributed by atoms with Crippen LogP contribution >= 0.6 is 0 Å². The lowest BCUT2D eigenvalue weighted by molar-refractivity contribution is 0.0698. The zero-order valence-corrected chi connectivity index (χ0v) is 26.6. The molecule has 5 rings (SSSR count). The highest BCUT2D eigenvalue weighted by Crippen LogP contribution is 2.20. The van der Waals surface area contributed by atoms with Gasteiger partial charge in [-0.25, -0.2) is 4.79 Å². The van der Waals surface area contributed by atoms with Crippen molar-refractivity contribution in [1.29, 1.82) is 0 Å². The monoisotopic (exact) mass is 608 g/mol. The normalized spacial score (nSPS) is 17.5. The number of benzene rings is 2. The highest BCUT2D eigenvalue weighted by molar-refractivity contribution is 6.01. The van der Waals surface area contributed by atoms with Crippen molar-refractivity contribution in [2.24, 2.45) is 0 Å². The average Bonchev–Trinajstić information content (AvgIpc) is 3.05. The van der Waals surface area contributed by atoms with Crippen LogP contribution in [0, 0.1) is 0 Å². The standard InChI is InChI=1S/C38H48N4O3/c43-29-32-17-13-15-30-19-21-33(39-36(30)32)27-41-23-9-5-1-3-7-11-25-42(26-12-8-4-2-6-10-24-41)28-34-22-20-31-16-14-18-35(38(44)45)37(31)40-34/h13-22,29H,1-12,23-28H2,(H,44,45). The first kappa shape index (κ1) is 32.7. The lowest BCUT2D eigenvalue weighted by atomic mass is 10.1. The molecular formula is C38H48N4O3. The molecule has 0 unspecified atom stereocenters. The summed E-state index contributed by atoms with van der Waals surface area (Å²) in [5.41, 5.74) is 4.33. The van der Waals surface area contributed by atoms with Crippen LogP contribution in [-0.2, 0) is 13.1 Å². The molecule has 7 nitrogen and oxygen atoms in total. The number of rotatable bonds is 6. The molecule has 2 aromatic carbocycles. The second kappa shape index (κ2) is 17.1. The molecule has 1 N–H and O–H groups in total. The van der Waals surface area contributed by atoms with Crippen LogP contribution in [0.5, 0.6) is 0 Å². The smallest absolute Gasteiger partial charge is 0.337 e.